The zero-order valence-corrected chi connectivity index (χ0v) is 13.8. The molecule has 22 heavy (non-hydrogen) atoms. The summed E-state index contributed by atoms with van der Waals surface area (Å²) in [5.41, 5.74) is 1.72. The van der Waals surface area contributed by atoms with Gasteiger partial charge in [-0.05, 0) is 50.6 Å². The van der Waals surface area contributed by atoms with Crippen LogP contribution in [0.5, 0.6) is 11.5 Å². The molecule has 120 valence electrons. The first-order valence-electron chi connectivity index (χ1n) is 8.34. The maximum Gasteiger partial charge on any atom is 0.161 e. The molecule has 1 saturated carbocycles. The van der Waals surface area contributed by atoms with Crippen LogP contribution in [-0.4, -0.2) is 38.3 Å². The third-order valence-corrected chi connectivity index (χ3v) is 5.53. The van der Waals surface area contributed by atoms with Gasteiger partial charge in [-0.25, -0.2) is 0 Å². The van der Waals surface area contributed by atoms with Crippen LogP contribution in [-0.2, 0) is 5.41 Å². The molecular formula is C19H27NO2. The van der Waals surface area contributed by atoms with Crippen LogP contribution >= 0.6 is 0 Å². The SMILES string of the molecule is C=CCOc1cc([C@@]23CCCC[C@@H]2N(C)CC3)ccc1OC. The van der Waals surface area contributed by atoms with Crippen molar-refractivity contribution in [3.8, 4) is 11.5 Å². The fourth-order valence-electron chi connectivity index (χ4n) is 4.42. The number of hydrogen-bond acceptors (Lipinski definition) is 3. The Labute approximate surface area is 133 Å². The molecule has 1 heterocycles. The Morgan fingerprint density at radius 2 is 2.18 bits per heavy atom. The number of benzene rings is 1. The Balaban J connectivity index is 1.97. The minimum atomic E-state index is 0.297. The third-order valence-electron chi connectivity index (χ3n) is 5.53. The number of fused-ring (bicyclic) bond motifs is 1. The molecular weight excluding hydrogens is 274 g/mol. The predicted molar refractivity (Wildman–Crippen MR) is 89.9 cm³/mol. The highest BCUT2D eigenvalue weighted by molar-refractivity contribution is 5.46. The van der Waals surface area contributed by atoms with Gasteiger partial charge in [-0.1, -0.05) is 31.6 Å². The summed E-state index contributed by atoms with van der Waals surface area (Å²) in [5.74, 6) is 1.65. The second-order valence-corrected chi connectivity index (χ2v) is 6.61. The number of rotatable bonds is 5. The lowest BCUT2D eigenvalue weighted by atomic mass is 9.66. The van der Waals surface area contributed by atoms with Gasteiger partial charge in [0.05, 0.1) is 7.11 Å². The van der Waals surface area contributed by atoms with E-state index in [-0.39, 0.29) is 0 Å². The van der Waals surface area contributed by atoms with Gasteiger partial charge >= 0.3 is 0 Å². The van der Waals surface area contributed by atoms with Gasteiger partial charge in [-0.3, -0.25) is 0 Å². The van der Waals surface area contributed by atoms with E-state index in [1.165, 1.54) is 44.2 Å². The molecule has 0 radical (unpaired) electrons. The molecule has 3 nitrogen and oxygen atoms in total. The molecule has 1 aliphatic heterocycles. The van der Waals surface area contributed by atoms with Crippen molar-refractivity contribution in [1.29, 1.82) is 0 Å². The van der Waals surface area contributed by atoms with Crippen LogP contribution in [0.25, 0.3) is 0 Å². The van der Waals surface area contributed by atoms with E-state index in [0.29, 0.717) is 18.1 Å². The van der Waals surface area contributed by atoms with E-state index in [1.54, 1.807) is 13.2 Å². The first-order valence-corrected chi connectivity index (χ1v) is 8.34. The average molecular weight is 301 g/mol. The Bertz CT molecular complexity index is 538. The van der Waals surface area contributed by atoms with E-state index in [0.717, 1.165) is 11.5 Å². The topological polar surface area (TPSA) is 21.7 Å². The predicted octanol–water partition coefficient (Wildman–Crippen LogP) is 3.78. The van der Waals surface area contributed by atoms with Crippen LogP contribution in [0.3, 0.4) is 0 Å². The second-order valence-electron chi connectivity index (χ2n) is 6.61. The molecule has 0 amide bonds. The number of likely N-dealkylation sites (tertiary alicyclic amines) is 1. The van der Waals surface area contributed by atoms with E-state index in [2.05, 4.69) is 36.7 Å². The lowest BCUT2D eigenvalue weighted by molar-refractivity contribution is 0.181. The van der Waals surface area contributed by atoms with Crippen LogP contribution in [0.4, 0.5) is 0 Å². The molecule has 2 atom stereocenters. The molecule has 1 aromatic rings. The van der Waals surface area contributed by atoms with Crippen molar-refractivity contribution in [1.82, 2.24) is 4.90 Å². The zero-order chi connectivity index (χ0) is 15.6. The van der Waals surface area contributed by atoms with Gasteiger partial charge < -0.3 is 14.4 Å². The Morgan fingerprint density at radius 1 is 1.32 bits per heavy atom. The molecule has 2 fully saturated rings. The van der Waals surface area contributed by atoms with Gasteiger partial charge in [0.15, 0.2) is 11.5 Å². The molecule has 1 saturated heterocycles. The average Bonchev–Trinajstić information content (AvgIpc) is 2.91. The molecule has 1 aliphatic carbocycles. The fraction of sp³-hybridized carbons (Fsp3) is 0.579. The summed E-state index contributed by atoms with van der Waals surface area (Å²) in [6, 6.07) is 7.19. The van der Waals surface area contributed by atoms with E-state index >= 15 is 0 Å². The van der Waals surface area contributed by atoms with Gasteiger partial charge in [-0.15, -0.1) is 0 Å². The first-order chi connectivity index (χ1) is 10.7. The fourth-order valence-corrected chi connectivity index (χ4v) is 4.42. The van der Waals surface area contributed by atoms with Crippen molar-refractivity contribution in [3.63, 3.8) is 0 Å². The Kier molecular flexibility index (Phi) is 4.44. The van der Waals surface area contributed by atoms with E-state index < -0.39 is 0 Å². The number of likely N-dealkylation sites (N-methyl/N-ethyl adjacent to an activating group) is 1. The van der Waals surface area contributed by atoms with Crippen molar-refractivity contribution >= 4 is 0 Å². The minimum Gasteiger partial charge on any atom is -0.493 e. The van der Waals surface area contributed by atoms with Gasteiger partial charge in [0.25, 0.3) is 0 Å². The Morgan fingerprint density at radius 3 is 2.95 bits per heavy atom. The summed E-state index contributed by atoms with van der Waals surface area (Å²) in [6.45, 7) is 5.44. The lowest BCUT2D eigenvalue weighted by Gasteiger charge is -2.42. The molecule has 2 aliphatic rings. The summed E-state index contributed by atoms with van der Waals surface area (Å²) >= 11 is 0. The van der Waals surface area contributed by atoms with E-state index in [1.807, 2.05) is 0 Å². The molecule has 0 unspecified atom stereocenters. The zero-order valence-electron chi connectivity index (χ0n) is 13.8. The summed E-state index contributed by atoms with van der Waals surface area (Å²) in [4.78, 5) is 2.55. The molecule has 3 rings (SSSR count). The Hall–Kier alpha value is -1.48. The number of nitrogens with zero attached hydrogens (tertiary/aromatic N) is 1. The maximum atomic E-state index is 5.82. The van der Waals surface area contributed by atoms with E-state index in [9.17, 15) is 0 Å². The second kappa shape index (κ2) is 6.33. The largest absolute Gasteiger partial charge is 0.493 e. The standard InChI is InChI=1S/C19H27NO2/c1-4-13-22-17-14-15(8-9-16(17)21-3)19-10-6-5-7-18(19)20(2)12-11-19/h4,8-9,14,18H,1,5-7,10-13H2,2-3H3/t18-,19-/m0/s1. The molecule has 0 spiro atoms. The smallest absolute Gasteiger partial charge is 0.161 e. The van der Waals surface area contributed by atoms with Gasteiger partial charge in [-0.2, -0.15) is 0 Å². The molecule has 3 heteroatoms. The van der Waals surface area contributed by atoms with Crippen molar-refractivity contribution < 1.29 is 9.47 Å². The summed E-state index contributed by atoms with van der Waals surface area (Å²) < 4.78 is 11.3. The lowest BCUT2D eigenvalue weighted by Crippen LogP contribution is -2.43. The van der Waals surface area contributed by atoms with Gasteiger partial charge in [0.2, 0.25) is 0 Å². The highest BCUT2D eigenvalue weighted by Crippen LogP contribution is 2.49. The van der Waals surface area contributed by atoms with Crippen molar-refractivity contribution in [3.05, 3.63) is 36.4 Å². The first kappa shape index (κ1) is 15.4. The highest BCUT2D eigenvalue weighted by atomic mass is 16.5. The monoisotopic (exact) mass is 301 g/mol. The van der Waals surface area contributed by atoms with Gasteiger partial charge in [0, 0.05) is 11.5 Å². The quantitative estimate of drug-likeness (QED) is 0.773. The molecule has 0 N–H and O–H groups in total. The maximum absolute atomic E-state index is 5.82. The highest BCUT2D eigenvalue weighted by Gasteiger charge is 2.48. The van der Waals surface area contributed by atoms with Crippen LogP contribution in [0.2, 0.25) is 0 Å². The third kappa shape index (κ3) is 2.52. The van der Waals surface area contributed by atoms with Crippen LogP contribution in [0.1, 0.15) is 37.7 Å². The minimum absolute atomic E-state index is 0.297. The van der Waals surface area contributed by atoms with Crippen LogP contribution < -0.4 is 9.47 Å². The van der Waals surface area contributed by atoms with Crippen LogP contribution in [0.15, 0.2) is 30.9 Å². The van der Waals surface area contributed by atoms with E-state index in [4.69, 9.17) is 9.47 Å². The van der Waals surface area contributed by atoms with Crippen molar-refractivity contribution in [2.75, 3.05) is 27.3 Å². The summed E-state index contributed by atoms with van der Waals surface area (Å²) in [5, 5.41) is 0. The summed E-state index contributed by atoms with van der Waals surface area (Å²) in [7, 11) is 3.97. The van der Waals surface area contributed by atoms with Crippen molar-refractivity contribution in [2.24, 2.45) is 0 Å². The summed E-state index contributed by atoms with van der Waals surface area (Å²) in [6.07, 6.45) is 8.31. The molecule has 0 aromatic heterocycles. The number of methoxy groups -OCH3 is 1. The molecule has 1 aromatic carbocycles. The number of ether oxygens (including phenoxy) is 2. The normalized spacial score (nSPS) is 28.2. The number of hydrogen-bond donors (Lipinski definition) is 0. The van der Waals surface area contributed by atoms with Crippen molar-refractivity contribution in [2.45, 2.75) is 43.6 Å². The molecule has 0 bridgehead atoms. The van der Waals surface area contributed by atoms with Crippen LogP contribution in [0, 0.1) is 0 Å². The van der Waals surface area contributed by atoms with Gasteiger partial charge in [0.1, 0.15) is 6.61 Å².